The van der Waals surface area contributed by atoms with Gasteiger partial charge in [-0.1, -0.05) is 18.2 Å². The molecule has 0 aliphatic heterocycles. The molecular formula is C20H28N4O2. The van der Waals surface area contributed by atoms with Crippen LogP contribution in [0.3, 0.4) is 0 Å². The zero-order chi connectivity index (χ0) is 18.8. The highest BCUT2D eigenvalue weighted by atomic mass is 16.5. The SMILES string of the molecule is CCNC(=NCc1ccnc(OC)c1)NCC(C)Oc1ccccc1C. The van der Waals surface area contributed by atoms with E-state index in [1.807, 2.05) is 57.2 Å². The van der Waals surface area contributed by atoms with Gasteiger partial charge in [-0.3, -0.25) is 0 Å². The molecule has 1 heterocycles. The van der Waals surface area contributed by atoms with Gasteiger partial charge in [0, 0.05) is 18.8 Å². The fraction of sp³-hybridized carbons (Fsp3) is 0.400. The van der Waals surface area contributed by atoms with Crippen LogP contribution < -0.4 is 20.1 Å². The number of hydrogen-bond donors (Lipinski definition) is 2. The zero-order valence-electron chi connectivity index (χ0n) is 16.0. The van der Waals surface area contributed by atoms with Gasteiger partial charge in [0.05, 0.1) is 20.2 Å². The fourth-order valence-electron chi connectivity index (χ4n) is 2.36. The van der Waals surface area contributed by atoms with Gasteiger partial charge in [0.25, 0.3) is 0 Å². The summed E-state index contributed by atoms with van der Waals surface area (Å²) in [5.74, 6) is 2.26. The van der Waals surface area contributed by atoms with Gasteiger partial charge in [0.15, 0.2) is 5.96 Å². The maximum Gasteiger partial charge on any atom is 0.213 e. The third kappa shape index (κ3) is 6.27. The molecule has 0 bridgehead atoms. The molecule has 0 aliphatic rings. The minimum atomic E-state index is 0.0148. The Morgan fingerprint density at radius 1 is 1.23 bits per heavy atom. The summed E-state index contributed by atoms with van der Waals surface area (Å²) in [7, 11) is 1.61. The molecule has 2 aromatic rings. The summed E-state index contributed by atoms with van der Waals surface area (Å²) in [5, 5.41) is 6.57. The van der Waals surface area contributed by atoms with Crippen LogP contribution in [0, 0.1) is 6.92 Å². The number of aryl methyl sites for hydroxylation is 1. The lowest BCUT2D eigenvalue weighted by Gasteiger charge is -2.18. The Morgan fingerprint density at radius 3 is 2.77 bits per heavy atom. The Balaban J connectivity index is 1.91. The second-order valence-electron chi connectivity index (χ2n) is 5.98. The van der Waals surface area contributed by atoms with Gasteiger partial charge in [-0.05, 0) is 44.0 Å². The summed E-state index contributed by atoms with van der Waals surface area (Å²) >= 11 is 0. The van der Waals surface area contributed by atoms with Crippen LogP contribution in [0.1, 0.15) is 25.0 Å². The van der Waals surface area contributed by atoms with Crippen LogP contribution in [0.15, 0.2) is 47.6 Å². The van der Waals surface area contributed by atoms with E-state index in [9.17, 15) is 0 Å². The van der Waals surface area contributed by atoms with Crippen molar-refractivity contribution in [2.24, 2.45) is 4.99 Å². The highest BCUT2D eigenvalue weighted by Gasteiger charge is 2.07. The second-order valence-corrected chi connectivity index (χ2v) is 5.98. The van der Waals surface area contributed by atoms with Gasteiger partial charge in [-0.25, -0.2) is 9.98 Å². The number of aliphatic imine (C=N–C) groups is 1. The first-order valence-corrected chi connectivity index (χ1v) is 8.85. The topological polar surface area (TPSA) is 67.8 Å². The zero-order valence-corrected chi connectivity index (χ0v) is 16.0. The van der Waals surface area contributed by atoms with Crippen molar-refractivity contribution in [1.29, 1.82) is 0 Å². The summed E-state index contributed by atoms with van der Waals surface area (Å²) in [5.41, 5.74) is 2.17. The van der Waals surface area contributed by atoms with Crippen molar-refractivity contribution in [3.05, 3.63) is 53.7 Å². The predicted octanol–water partition coefficient (Wildman–Crippen LogP) is 2.92. The number of rotatable bonds is 8. The summed E-state index contributed by atoms with van der Waals surface area (Å²) in [6, 6.07) is 11.8. The molecule has 26 heavy (non-hydrogen) atoms. The Hall–Kier alpha value is -2.76. The van der Waals surface area contributed by atoms with Gasteiger partial charge >= 0.3 is 0 Å². The first kappa shape index (κ1) is 19.6. The molecule has 0 radical (unpaired) electrons. The van der Waals surface area contributed by atoms with Crippen LogP contribution in [-0.4, -0.2) is 37.2 Å². The van der Waals surface area contributed by atoms with Gasteiger partial charge in [-0.15, -0.1) is 0 Å². The van der Waals surface area contributed by atoms with E-state index in [2.05, 4.69) is 20.6 Å². The molecule has 140 valence electrons. The third-order valence-corrected chi connectivity index (χ3v) is 3.75. The number of nitrogens with one attached hydrogen (secondary N) is 2. The lowest BCUT2D eigenvalue weighted by molar-refractivity contribution is 0.222. The molecule has 2 N–H and O–H groups in total. The predicted molar refractivity (Wildman–Crippen MR) is 105 cm³/mol. The Kier molecular flexibility index (Phi) is 7.74. The highest BCUT2D eigenvalue weighted by Crippen LogP contribution is 2.17. The Bertz CT molecular complexity index is 718. The van der Waals surface area contributed by atoms with E-state index in [4.69, 9.17) is 9.47 Å². The van der Waals surface area contributed by atoms with Crippen molar-refractivity contribution in [2.75, 3.05) is 20.2 Å². The van der Waals surface area contributed by atoms with Gasteiger partial charge in [-0.2, -0.15) is 0 Å². The maximum absolute atomic E-state index is 6.00. The van der Waals surface area contributed by atoms with E-state index in [1.54, 1.807) is 13.3 Å². The smallest absolute Gasteiger partial charge is 0.213 e. The van der Waals surface area contributed by atoms with Crippen LogP contribution in [0.2, 0.25) is 0 Å². The lowest BCUT2D eigenvalue weighted by atomic mass is 10.2. The number of pyridine rings is 1. The number of aromatic nitrogens is 1. The molecule has 1 aromatic carbocycles. The molecule has 6 nitrogen and oxygen atoms in total. The summed E-state index contributed by atoms with van der Waals surface area (Å²) in [6.07, 6.45) is 1.74. The second kappa shape index (κ2) is 10.3. The number of nitrogens with zero attached hydrogens (tertiary/aromatic N) is 2. The van der Waals surface area contributed by atoms with Crippen molar-refractivity contribution in [3.8, 4) is 11.6 Å². The van der Waals surface area contributed by atoms with Crippen LogP contribution in [0.4, 0.5) is 0 Å². The van der Waals surface area contributed by atoms with E-state index < -0.39 is 0 Å². The molecule has 0 fully saturated rings. The van der Waals surface area contributed by atoms with E-state index in [0.717, 1.165) is 29.4 Å². The maximum atomic E-state index is 6.00. The minimum Gasteiger partial charge on any atom is -0.489 e. The van der Waals surface area contributed by atoms with Crippen LogP contribution in [0.25, 0.3) is 0 Å². The van der Waals surface area contributed by atoms with Crippen LogP contribution in [-0.2, 0) is 6.54 Å². The van der Waals surface area contributed by atoms with E-state index >= 15 is 0 Å². The normalized spacial score (nSPS) is 12.4. The molecule has 0 amide bonds. The molecule has 0 spiro atoms. The van der Waals surface area contributed by atoms with E-state index in [0.29, 0.717) is 19.0 Å². The largest absolute Gasteiger partial charge is 0.489 e. The van der Waals surface area contributed by atoms with Crippen LogP contribution in [0.5, 0.6) is 11.6 Å². The van der Waals surface area contributed by atoms with Crippen LogP contribution >= 0.6 is 0 Å². The number of para-hydroxylation sites is 1. The standard InChI is InChI=1S/C20H28N4O2/c1-5-21-20(24-14-17-10-11-22-19(12-17)25-4)23-13-16(3)26-18-9-7-6-8-15(18)2/h6-12,16H,5,13-14H2,1-4H3,(H2,21,23,24). The average Bonchev–Trinajstić information content (AvgIpc) is 2.66. The quantitative estimate of drug-likeness (QED) is 0.562. The Morgan fingerprint density at radius 2 is 2.04 bits per heavy atom. The lowest BCUT2D eigenvalue weighted by Crippen LogP contribution is -2.41. The van der Waals surface area contributed by atoms with Gasteiger partial charge in [0.2, 0.25) is 5.88 Å². The molecule has 6 heteroatoms. The molecule has 0 saturated heterocycles. The number of ether oxygens (including phenoxy) is 2. The van der Waals surface area contributed by atoms with E-state index in [-0.39, 0.29) is 6.10 Å². The number of benzene rings is 1. The summed E-state index contributed by atoms with van der Waals surface area (Å²) < 4.78 is 11.1. The molecule has 1 aromatic heterocycles. The van der Waals surface area contributed by atoms with Gasteiger partial charge in [0.1, 0.15) is 11.9 Å². The molecule has 1 unspecified atom stereocenters. The van der Waals surface area contributed by atoms with Crippen molar-refractivity contribution in [1.82, 2.24) is 15.6 Å². The minimum absolute atomic E-state index is 0.0148. The average molecular weight is 356 g/mol. The summed E-state index contributed by atoms with van der Waals surface area (Å²) in [4.78, 5) is 8.72. The fourth-order valence-corrected chi connectivity index (χ4v) is 2.36. The molecule has 2 rings (SSSR count). The Labute approximate surface area is 155 Å². The molecule has 1 atom stereocenters. The molecular weight excluding hydrogens is 328 g/mol. The number of hydrogen-bond acceptors (Lipinski definition) is 4. The monoisotopic (exact) mass is 356 g/mol. The number of guanidine groups is 1. The van der Waals surface area contributed by atoms with E-state index in [1.165, 1.54) is 0 Å². The van der Waals surface area contributed by atoms with Crippen molar-refractivity contribution in [2.45, 2.75) is 33.4 Å². The van der Waals surface area contributed by atoms with Crippen molar-refractivity contribution < 1.29 is 9.47 Å². The summed E-state index contributed by atoms with van der Waals surface area (Å²) in [6.45, 7) is 8.11. The first-order valence-electron chi connectivity index (χ1n) is 8.85. The molecule has 0 aliphatic carbocycles. The van der Waals surface area contributed by atoms with Crippen molar-refractivity contribution in [3.63, 3.8) is 0 Å². The van der Waals surface area contributed by atoms with Gasteiger partial charge < -0.3 is 20.1 Å². The third-order valence-electron chi connectivity index (χ3n) is 3.75. The molecule has 0 saturated carbocycles. The first-order chi connectivity index (χ1) is 12.6. The van der Waals surface area contributed by atoms with Crippen molar-refractivity contribution >= 4 is 5.96 Å². The highest BCUT2D eigenvalue weighted by molar-refractivity contribution is 5.79. The number of methoxy groups -OCH3 is 1.